The van der Waals surface area contributed by atoms with Gasteiger partial charge in [-0.15, -0.1) is 0 Å². The van der Waals surface area contributed by atoms with Crippen LogP contribution >= 0.6 is 0 Å². The first kappa shape index (κ1) is 11.9. The second kappa shape index (κ2) is 4.34. The number of hydrogen-bond donors (Lipinski definition) is 2. The van der Waals surface area contributed by atoms with Gasteiger partial charge in [-0.3, -0.25) is 4.79 Å². The summed E-state index contributed by atoms with van der Waals surface area (Å²) in [5, 5.41) is 19.8. The molecule has 0 aromatic heterocycles. The Morgan fingerprint density at radius 2 is 2.06 bits per heavy atom. The van der Waals surface area contributed by atoms with Crippen LogP contribution in [0.1, 0.15) is 39.0 Å². The zero-order chi connectivity index (χ0) is 11.8. The molecule has 1 saturated heterocycles. The Kier molecular flexibility index (Phi) is 3.22. The van der Waals surface area contributed by atoms with Gasteiger partial charge in [0.25, 0.3) is 0 Å². The maximum atomic E-state index is 11.5. The van der Waals surface area contributed by atoms with E-state index in [2.05, 4.69) is 6.92 Å². The van der Waals surface area contributed by atoms with Crippen molar-refractivity contribution >= 4 is 5.91 Å². The molecule has 0 radical (unpaired) electrons. The molecule has 0 aromatic carbocycles. The van der Waals surface area contributed by atoms with E-state index in [1.165, 1.54) is 0 Å². The number of aliphatic hydroxyl groups is 2. The smallest absolute Gasteiger partial charge is 0.225 e. The predicted molar refractivity (Wildman–Crippen MR) is 59.8 cm³/mol. The van der Waals surface area contributed by atoms with Gasteiger partial charge in [0.15, 0.2) is 0 Å². The van der Waals surface area contributed by atoms with E-state index in [9.17, 15) is 15.0 Å². The zero-order valence-corrected chi connectivity index (χ0v) is 9.85. The molecule has 4 heteroatoms. The number of aliphatic hydroxyl groups excluding tert-OH is 1. The molecule has 0 spiro atoms. The van der Waals surface area contributed by atoms with Crippen LogP contribution in [-0.2, 0) is 4.79 Å². The summed E-state index contributed by atoms with van der Waals surface area (Å²) in [6.45, 7) is 2.98. The molecule has 92 valence electrons. The molecule has 2 rings (SSSR count). The highest BCUT2D eigenvalue weighted by Gasteiger charge is 2.38. The Balaban J connectivity index is 1.91. The van der Waals surface area contributed by atoms with E-state index in [4.69, 9.17) is 0 Å². The third-order valence-corrected chi connectivity index (χ3v) is 3.88. The topological polar surface area (TPSA) is 60.8 Å². The van der Waals surface area contributed by atoms with Crippen LogP contribution in [-0.4, -0.2) is 45.8 Å². The summed E-state index contributed by atoms with van der Waals surface area (Å²) in [6.07, 6.45) is 3.27. The Labute approximate surface area is 96.3 Å². The minimum Gasteiger partial charge on any atom is -0.391 e. The number of carbonyl (C=O) groups excluding carboxylic acids is 1. The second-order valence-electron chi connectivity index (χ2n) is 5.54. The molecular formula is C12H21NO3. The van der Waals surface area contributed by atoms with Gasteiger partial charge in [-0.1, -0.05) is 6.92 Å². The van der Waals surface area contributed by atoms with E-state index >= 15 is 0 Å². The highest BCUT2D eigenvalue weighted by Crippen LogP contribution is 2.33. The first-order chi connectivity index (χ1) is 7.48. The monoisotopic (exact) mass is 227 g/mol. The zero-order valence-electron chi connectivity index (χ0n) is 9.85. The van der Waals surface area contributed by atoms with Gasteiger partial charge < -0.3 is 15.1 Å². The molecule has 2 aliphatic rings. The minimum atomic E-state index is -0.716. The number of likely N-dealkylation sites (tertiary alicyclic amines) is 1. The lowest BCUT2D eigenvalue weighted by atomic mass is 9.79. The SMILES string of the molecule is CC1CCC(O)(CN2CC(O)CC2=O)CC1. The molecule has 1 atom stereocenters. The van der Waals surface area contributed by atoms with Crippen molar-refractivity contribution in [2.75, 3.05) is 13.1 Å². The number of β-amino-alcohol motifs (C(OH)–C–C–N with tert-alkyl or cyclic N) is 2. The van der Waals surface area contributed by atoms with Gasteiger partial charge in [-0.05, 0) is 31.6 Å². The predicted octanol–water partition coefficient (Wildman–Crippen LogP) is 0.521. The van der Waals surface area contributed by atoms with Gasteiger partial charge in [0.1, 0.15) is 0 Å². The van der Waals surface area contributed by atoms with Gasteiger partial charge in [0.2, 0.25) is 5.91 Å². The highest BCUT2D eigenvalue weighted by atomic mass is 16.3. The first-order valence-electron chi connectivity index (χ1n) is 6.17. The number of rotatable bonds is 2. The van der Waals surface area contributed by atoms with Crippen molar-refractivity contribution in [2.24, 2.45) is 5.92 Å². The van der Waals surface area contributed by atoms with Gasteiger partial charge in [0, 0.05) is 13.1 Å². The maximum absolute atomic E-state index is 11.5. The van der Waals surface area contributed by atoms with Crippen molar-refractivity contribution in [1.82, 2.24) is 4.90 Å². The number of amides is 1. The van der Waals surface area contributed by atoms with Crippen molar-refractivity contribution in [1.29, 1.82) is 0 Å². The lowest BCUT2D eigenvalue weighted by Crippen LogP contribution is -2.46. The summed E-state index contributed by atoms with van der Waals surface area (Å²) in [7, 11) is 0. The number of nitrogens with zero attached hydrogens (tertiary/aromatic N) is 1. The first-order valence-corrected chi connectivity index (χ1v) is 6.17. The largest absolute Gasteiger partial charge is 0.391 e. The molecule has 1 saturated carbocycles. The third kappa shape index (κ3) is 2.55. The fourth-order valence-corrected chi connectivity index (χ4v) is 2.72. The van der Waals surface area contributed by atoms with Crippen LogP contribution in [0, 0.1) is 5.92 Å². The molecule has 2 fully saturated rings. The van der Waals surface area contributed by atoms with Crippen LogP contribution in [0.4, 0.5) is 0 Å². The van der Waals surface area contributed by atoms with Crippen molar-refractivity contribution < 1.29 is 15.0 Å². The van der Waals surface area contributed by atoms with E-state index in [-0.39, 0.29) is 12.3 Å². The van der Waals surface area contributed by atoms with Crippen LogP contribution < -0.4 is 0 Å². The summed E-state index contributed by atoms with van der Waals surface area (Å²) in [5.41, 5.74) is -0.716. The molecule has 1 heterocycles. The molecule has 0 aromatic rings. The molecule has 1 aliphatic heterocycles. The molecular weight excluding hydrogens is 206 g/mol. The Hall–Kier alpha value is -0.610. The Morgan fingerprint density at radius 1 is 1.44 bits per heavy atom. The molecule has 0 bridgehead atoms. The van der Waals surface area contributed by atoms with Gasteiger partial charge >= 0.3 is 0 Å². The minimum absolute atomic E-state index is 0.0282. The third-order valence-electron chi connectivity index (χ3n) is 3.88. The van der Waals surface area contributed by atoms with E-state index in [1.807, 2.05) is 0 Å². The van der Waals surface area contributed by atoms with E-state index in [0.29, 0.717) is 19.0 Å². The average Bonchev–Trinajstić information content (AvgIpc) is 2.51. The van der Waals surface area contributed by atoms with Gasteiger partial charge in [-0.25, -0.2) is 0 Å². The quantitative estimate of drug-likeness (QED) is 0.723. The summed E-state index contributed by atoms with van der Waals surface area (Å²) >= 11 is 0. The highest BCUT2D eigenvalue weighted by molar-refractivity contribution is 5.79. The number of carbonyl (C=O) groups is 1. The molecule has 1 aliphatic carbocycles. The lowest BCUT2D eigenvalue weighted by molar-refractivity contribution is -0.132. The van der Waals surface area contributed by atoms with E-state index in [0.717, 1.165) is 25.7 Å². The molecule has 1 amide bonds. The summed E-state index contributed by atoms with van der Waals surface area (Å²) in [6, 6.07) is 0. The van der Waals surface area contributed by atoms with Crippen molar-refractivity contribution in [3.05, 3.63) is 0 Å². The lowest BCUT2D eigenvalue weighted by Gasteiger charge is -2.37. The summed E-state index contributed by atoms with van der Waals surface area (Å²) < 4.78 is 0. The van der Waals surface area contributed by atoms with Crippen LogP contribution in [0.5, 0.6) is 0 Å². The summed E-state index contributed by atoms with van der Waals surface area (Å²) in [4.78, 5) is 13.1. The van der Waals surface area contributed by atoms with Crippen LogP contribution in [0.3, 0.4) is 0 Å². The van der Waals surface area contributed by atoms with Crippen LogP contribution in [0.25, 0.3) is 0 Å². The van der Waals surface area contributed by atoms with Gasteiger partial charge in [-0.2, -0.15) is 0 Å². The van der Waals surface area contributed by atoms with E-state index < -0.39 is 11.7 Å². The molecule has 2 N–H and O–H groups in total. The molecule has 1 unspecified atom stereocenters. The molecule has 16 heavy (non-hydrogen) atoms. The van der Waals surface area contributed by atoms with E-state index in [1.54, 1.807) is 4.90 Å². The standard InChI is InChI=1S/C12H21NO3/c1-9-2-4-12(16,5-3-9)8-13-7-10(14)6-11(13)15/h9-10,14,16H,2-8H2,1H3. The van der Waals surface area contributed by atoms with Crippen molar-refractivity contribution in [3.8, 4) is 0 Å². The fraction of sp³-hybridized carbons (Fsp3) is 0.917. The normalized spacial score (nSPS) is 40.4. The van der Waals surface area contributed by atoms with Crippen LogP contribution in [0.15, 0.2) is 0 Å². The second-order valence-corrected chi connectivity index (χ2v) is 5.54. The average molecular weight is 227 g/mol. The Bertz CT molecular complexity index is 271. The maximum Gasteiger partial charge on any atom is 0.225 e. The van der Waals surface area contributed by atoms with Crippen molar-refractivity contribution in [3.63, 3.8) is 0 Å². The van der Waals surface area contributed by atoms with Crippen molar-refractivity contribution in [2.45, 2.75) is 50.7 Å². The van der Waals surface area contributed by atoms with Crippen LogP contribution in [0.2, 0.25) is 0 Å². The molecule has 4 nitrogen and oxygen atoms in total. The fourth-order valence-electron chi connectivity index (χ4n) is 2.72. The van der Waals surface area contributed by atoms with Gasteiger partial charge in [0.05, 0.1) is 18.1 Å². The summed E-state index contributed by atoms with van der Waals surface area (Å²) in [5.74, 6) is 0.652. The number of hydrogen-bond acceptors (Lipinski definition) is 3. The Morgan fingerprint density at radius 3 is 2.56 bits per heavy atom.